The van der Waals surface area contributed by atoms with Gasteiger partial charge in [-0.2, -0.15) is 0 Å². The maximum Gasteiger partial charge on any atom is 0.224 e. The van der Waals surface area contributed by atoms with Gasteiger partial charge in [0.15, 0.2) is 0 Å². The van der Waals surface area contributed by atoms with Crippen molar-refractivity contribution in [1.29, 1.82) is 0 Å². The Balaban J connectivity index is 2.18. The number of rotatable bonds is 3. The van der Waals surface area contributed by atoms with Crippen LogP contribution in [0.25, 0.3) is 0 Å². The predicted molar refractivity (Wildman–Crippen MR) is 70.5 cm³/mol. The highest BCUT2D eigenvalue weighted by Crippen LogP contribution is 2.29. The second-order valence-corrected chi connectivity index (χ2v) is 5.60. The molecular formula is C13H16BrNO2. The lowest BCUT2D eigenvalue weighted by Gasteiger charge is -2.25. The fourth-order valence-corrected chi connectivity index (χ4v) is 2.73. The van der Waals surface area contributed by atoms with Crippen LogP contribution in [0.15, 0.2) is 24.3 Å². The molecule has 1 saturated heterocycles. The fraction of sp³-hybridized carbons (Fsp3) is 0.462. The minimum atomic E-state index is 0.0974. The molecule has 0 aliphatic carbocycles. The summed E-state index contributed by atoms with van der Waals surface area (Å²) in [4.78, 5) is 14.0. The molecule has 4 heteroatoms. The number of halogens is 1. The van der Waals surface area contributed by atoms with E-state index >= 15 is 0 Å². The third kappa shape index (κ3) is 2.63. The zero-order valence-electron chi connectivity index (χ0n) is 10.0. The molecule has 1 aromatic carbocycles. The summed E-state index contributed by atoms with van der Waals surface area (Å²) in [7, 11) is 1.65. The van der Waals surface area contributed by atoms with E-state index in [1.807, 2.05) is 29.2 Å². The van der Waals surface area contributed by atoms with Crippen molar-refractivity contribution < 1.29 is 9.53 Å². The molecule has 0 bridgehead atoms. The van der Waals surface area contributed by atoms with Crippen molar-refractivity contribution >= 4 is 21.8 Å². The number of hydrogen-bond acceptors (Lipinski definition) is 2. The standard InChI is InChI=1S/C13H16BrNO2/c1-9(15-8-11(14)7-13(15)16)10-4-3-5-12(6-10)17-2/h3-6,9,11H,7-8H2,1-2H3. The maximum atomic E-state index is 11.8. The molecule has 0 aromatic heterocycles. The highest BCUT2D eigenvalue weighted by atomic mass is 79.9. The van der Waals surface area contributed by atoms with Crippen LogP contribution in [-0.4, -0.2) is 29.3 Å². The molecule has 92 valence electrons. The Morgan fingerprint density at radius 1 is 1.53 bits per heavy atom. The molecule has 0 spiro atoms. The van der Waals surface area contributed by atoms with Crippen LogP contribution in [0.2, 0.25) is 0 Å². The summed E-state index contributed by atoms with van der Waals surface area (Å²) in [5.74, 6) is 1.04. The summed E-state index contributed by atoms with van der Waals surface area (Å²) in [5, 5.41) is 0. The molecule has 1 amide bonds. The van der Waals surface area contributed by atoms with Crippen molar-refractivity contribution in [3.05, 3.63) is 29.8 Å². The lowest BCUT2D eigenvalue weighted by Crippen LogP contribution is -2.28. The molecule has 0 radical (unpaired) electrons. The SMILES string of the molecule is COc1cccc(C(C)N2CC(Br)CC2=O)c1. The molecule has 17 heavy (non-hydrogen) atoms. The molecule has 1 aromatic rings. The van der Waals surface area contributed by atoms with Crippen molar-refractivity contribution in [3.8, 4) is 5.75 Å². The number of alkyl halides is 1. The number of hydrogen-bond donors (Lipinski definition) is 0. The molecule has 1 heterocycles. The van der Waals surface area contributed by atoms with Gasteiger partial charge >= 0.3 is 0 Å². The number of amides is 1. The van der Waals surface area contributed by atoms with Crippen molar-refractivity contribution in [1.82, 2.24) is 4.90 Å². The minimum absolute atomic E-state index is 0.0974. The van der Waals surface area contributed by atoms with E-state index in [9.17, 15) is 4.79 Å². The summed E-state index contributed by atoms with van der Waals surface area (Å²) >= 11 is 3.50. The topological polar surface area (TPSA) is 29.5 Å². The van der Waals surface area contributed by atoms with Crippen LogP contribution in [0, 0.1) is 0 Å². The van der Waals surface area contributed by atoms with E-state index in [2.05, 4.69) is 22.9 Å². The summed E-state index contributed by atoms with van der Waals surface area (Å²) in [6.07, 6.45) is 0.592. The minimum Gasteiger partial charge on any atom is -0.497 e. The molecule has 2 atom stereocenters. The number of carbonyl (C=O) groups is 1. The number of methoxy groups -OCH3 is 1. The molecule has 0 saturated carbocycles. The van der Waals surface area contributed by atoms with Gasteiger partial charge in [-0.15, -0.1) is 0 Å². The van der Waals surface area contributed by atoms with Crippen LogP contribution < -0.4 is 4.74 Å². The summed E-state index contributed by atoms with van der Waals surface area (Å²) in [6.45, 7) is 2.83. The molecular weight excluding hydrogens is 282 g/mol. The molecule has 2 unspecified atom stereocenters. The van der Waals surface area contributed by atoms with Crippen molar-refractivity contribution in [3.63, 3.8) is 0 Å². The van der Waals surface area contributed by atoms with E-state index in [0.717, 1.165) is 17.9 Å². The predicted octanol–water partition coefficient (Wildman–Crippen LogP) is 2.75. The number of ether oxygens (including phenoxy) is 1. The first-order chi connectivity index (χ1) is 8.11. The molecule has 1 aliphatic rings. The average molecular weight is 298 g/mol. The zero-order valence-corrected chi connectivity index (χ0v) is 11.6. The Morgan fingerprint density at radius 3 is 2.88 bits per heavy atom. The van der Waals surface area contributed by atoms with E-state index in [4.69, 9.17) is 4.74 Å². The van der Waals surface area contributed by atoms with Crippen LogP contribution in [0.1, 0.15) is 24.9 Å². The number of carbonyl (C=O) groups excluding carboxylic acids is 1. The van der Waals surface area contributed by atoms with Crippen LogP contribution in [0.5, 0.6) is 5.75 Å². The van der Waals surface area contributed by atoms with Crippen LogP contribution in [-0.2, 0) is 4.79 Å². The van der Waals surface area contributed by atoms with Gasteiger partial charge in [0.1, 0.15) is 5.75 Å². The molecule has 1 fully saturated rings. The van der Waals surface area contributed by atoms with Gasteiger partial charge in [0.05, 0.1) is 13.2 Å². The Morgan fingerprint density at radius 2 is 2.29 bits per heavy atom. The van der Waals surface area contributed by atoms with Crippen molar-refractivity contribution in [2.75, 3.05) is 13.7 Å². The van der Waals surface area contributed by atoms with Crippen LogP contribution in [0.4, 0.5) is 0 Å². The molecule has 0 N–H and O–H groups in total. The Labute approximate surface area is 110 Å². The number of likely N-dealkylation sites (tertiary alicyclic amines) is 1. The molecule has 3 nitrogen and oxygen atoms in total. The van der Waals surface area contributed by atoms with Gasteiger partial charge in [-0.3, -0.25) is 4.79 Å². The second-order valence-electron chi connectivity index (χ2n) is 4.30. The van der Waals surface area contributed by atoms with Gasteiger partial charge in [-0.05, 0) is 24.6 Å². The lowest BCUT2D eigenvalue weighted by atomic mass is 10.1. The molecule has 2 rings (SSSR count). The Hall–Kier alpha value is -1.03. The highest BCUT2D eigenvalue weighted by Gasteiger charge is 2.31. The Bertz CT molecular complexity index is 422. The number of nitrogens with zero attached hydrogens (tertiary/aromatic N) is 1. The van der Waals surface area contributed by atoms with Gasteiger partial charge in [-0.1, -0.05) is 28.1 Å². The van der Waals surface area contributed by atoms with E-state index in [0.29, 0.717) is 6.42 Å². The van der Waals surface area contributed by atoms with Gasteiger partial charge in [0, 0.05) is 17.8 Å². The first-order valence-corrected chi connectivity index (χ1v) is 6.61. The Kier molecular flexibility index (Phi) is 3.72. The lowest BCUT2D eigenvalue weighted by molar-refractivity contribution is -0.129. The van der Waals surface area contributed by atoms with E-state index in [-0.39, 0.29) is 16.8 Å². The first kappa shape index (κ1) is 12.4. The smallest absolute Gasteiger partial charge is 0.224 e. The van der Waals surface area contributed by atoms with Crippen LogP contribution in [0.3, 0.4) is 0 Å². The molecule has 1 aliphatic heterocycles. The highest BCUT2D eigenvalue weighted by molar-refractivity contribution is 9.09. The summed E-state index contributed by atoms with van der Waals surface area (Å²) in [5.41, 5.74) is 1.11. The van der Waals surface area contributed by atoms with Gasteiger partial charge in [0.2, 0.25) is 5.91 Å². The maximum absolute atomic E-state index is 11.8. The third-order valence-electron chi connectivity index (χ3n) is 3.15. The first-order valence-electron chi connectivity index (χ1n) is 5.69. The quantitative estimate of drug-likeness (QED) is 0.803. The second kappa shape index (κ2) is 5.08. The summed E-state index contributed by atoms with van der Waals surface area (Å²) in [6, 6.07) is 7.98. The van der Waals surface area contributed by atoms with Crippen LogP contribution >= 0.6 is 15.9 Å². The van der Waals surface area contributed by atoms with Gasteiger partial charge < -0.3 is 9.64 Å². The van der Waals surface area contributed by atoms with Gasteiger partial charge in [-0.25, -0.2) is 0 Å². The van der Waals surface area contributed by atoms with E-state index in [1.54, 1.807) is 7.11 Å². The average Bonchev–Trinajstić information content (AvgIpc) is 2.67. The third-order valence-corrected chi connectivity index (χ3v) is 3.77. The zero-order chi connectivity index (χ0) is 12.4. The van der Waals surface area contributed by atoms with E-state index in [1.165, 1.54) is 0 Å². The normalized spacial score (nSPS) is 21.7. The van der Waals surface area contributed by atoms with Gasteiger partial charge in [0.25, 0.3) is 0 Å². The van der Waals surface area contributed by atoms with E-state index < -0.39 is 0 Å². The largest absolute Gasteiger partial charge is 0.497 e. The number of benzene rings is 1. The monoisotopic (exact) mass is 297 g/mol. The van der Waals surface area contributed by atoms with Crippen molar-refractivity contribution in [2.24, 2.45) is 0 Å². The van der Waals surface area contributed by atoms with Crippen molar-refractivity contribution in [2.45, 2.75) is 24.2 Å². The fourth-order valence-electron chi connectivity index (χ4n) is 2.14. The summed E-state index contributed by atoms with van der Waals surface area (Å²) < 4.78 is 5.20.